The van der Waals surface area contributed by atoms with Crippen LogP contribution in [0.3, 0.4) is 0 Å². The molecule has 4 aromatic rings. The Hall–Kier alpha value is -4.49. The number of aromatic nitrogens is 3. The molecule has 2 amide bonds. The fraction of sp³-hybridized carbons (Fsp3) is 0.343. The largest absolute Gasteiger partial charge is 0.493 e. The monoisotopic (exact) mass is 704 g/mol. The van der Waals surface area contributed by atoms with Crippen molar-refractivity contribution in [2.75, 3.05) is 32.6 Å². The van der Waals surface area contributed by atoms with E-state index in [1.54, 1.807) is 32.7 Å². The molecule has 6 rings (SSSR count). The number of hydrogen-bond acceptors (Lipinski definition) is 10. The van der Waals surface area contributed by atoms with E-state index in [1.165, 1.54) is 0 Å². The number of rotatable bonds is 14. The van der Waals surface area contributed by atoms with Crippen LogP contribution in [0, 0.1) is 0 Å². The van der Waals surface area contributed by atoms with Crippen LogP contribution in [0.4, 0.5) is 11.5 Å². The van der Waals surface area contributed by atoms with Crippen LogP contribution in [0.25, 0.3) is 22.5 Å². The molecule has 2 atom stereocenters. The van der Waals surface area contributed by atoms with Gasteiger partial charge in [-0.15, -0.1) is 0 Å². The lowest BCUT2D eigenvalue weighted by atomic mass is 10.1. The molecule has 0 radical (unpaired) electrons. The maximum absolute atomic E-state index is 11.5. The van der Waals surface area contributed by atoms with Crippen LogP contribution in [0.2, 0.25) is 10.0 Å². The average molecular weight is 706 g/mol. The van der Waals surface area contributed by atoms with Gasteiger partial charge in [-0.1, -0.05) is 41.4 Å². The first-order valence-corrected chi connectivity index (χ1v) is 16.9. The van der Waals surface area contributed by atoms with Gasteiger partial charge in [0.15, 0.2) is 11.6 Å². The van der Waals surface area contributed by atoms with Gasteiger partial charge in [0.1, 0.15) is 0 Å². The number of anilines is 2. The van der Waals surface area contributed by atoms with Crippen molar-refractivity contribution in [1.29, 1.82) is 0 Å². The van der Waals surface area contributed by atoms with E-state index < -0.39 is 0 Å². The van der Waals surface area contributed by atoms with Gasteiger partial charge >= 0.3 is 0 Å². The van der Waals surface area contributed by atoms with Gasteiger partial charge in [-0.2, -0.15) is 0 Å². The van der Waals surface area contributed by atoms with Crippen LogP contribution in [-0.4, -0.2) is 66.2 Å². The lowest BCUT2D eigenvalue weighted by molar-refractivity contribution is -0.120. The fourth-order valence-electron chi connectivity index (χ4n) is 6.07. The van der Waals surface area contributed by atoms with E-state index in [-0.39, 0.29) is 23.9 Å². The predicted molar refractivity (Wildman–Crippen MR) is 189 cm³/mol. The van der Waals surface area contributed by atoms with E-state index in [0.717, 1.165) is 24.0 Å². The number of amides is 2. The number of nitrogens with one attached hydrogen (secondary N) is 5. The van der Waals surface area contributed by atoms with E-state index in [9.17, 15) is 9.59 Å². The van der Waals surface area contributed by atoms with Gasteiger partial charge in [0.05, 0.1) is 41.3 Å². The van der Waals surface area contributed by atoms with E-state index in [1.807, 2.05) is 36.4 Å². The maximum Gasteiger partial charge on any atom is 0.220 e. The van der Waals surface area contributed by atoms with Gasteiger partial charge in [0.25, 0.3) is 0 Å². The van der Waals surface area contributed by atoms with Crippen molar-refractivity contribution in [3.63, 3.8) is 0 Å². The van der Waals surface area contributed by atoms with Crippen molar-refractivity contribution in [3.05, 3.63) is 76.0 Å². The molecule has 14 heteroatoms. The molecule has 0 aliphatic carbocycles. The Morgan fingerprint density at radius 2 is 1.49 bits per heavy atom. The van der Waals surface area contributed by atoms with E-state index >= 15 is 0 Å². The topological polar surface area (TPSA) is 151 Å². The Kier molecular flexibility index (Phi) is 11.1. The maximum atomic E-state index is 11.5. The minimum absolute atomic E-state index is 0.0886. The number of carbonyl (C=O) groups is 2. The number of hydrogen-bond donors (Lipinski definition) is 5. The molecule has 5 heterocycles. The zero-order valence-electron chi connectivity index (χ0n) is 27.2. The van der Waals surface area contributed by atoms with E-state index in [2.05, 4.69) is 36.6 Å². The van der Waals surface area contributed by atoms with Crippen molar-refractivity contribution in [1.82, 2.24) is 36.2 Å². The number of carbonyl (C=O) groups excluding carboxylic acids is 2. The lowest BCUT2D eigenvalue weighted by Crippen LogP contribution is -2.35. The Morgan fingerprint density at radius 3 is 2.14 bits per heavy atom. The smallest absolute Gasteiger partial charge is 0.220 e. The van der Waals surface area contributed by atoms with Gasteiger partial charge in [-0.3, -0.25) is 14.6 Å². The quantitative estimate of drug-likeness (QED) is 0.121. The second-order valence-corrected chi connectivity index (χ2v) is 12.7. The molecular weight excluding hydrogens is 667 g/mol. The minimum Gasteiger partial charge on any atom is -0.493 e. The van der Waals surface area contributed by atoms with Crippen molar-refractivity contribution >= 4 is 46.5 Å². The van der Waals surface area contributed by atoms with Crippen molar-refractivity contribution in [2.45, 2.75) is 50.9 Å². The van der Waals surface area contributed by atoms with Crippen molar-refractivity contribution < 1.29 is 19.1 Å². The molecule has 12 nitrogen and oxygen atoms in total. The number of benzene rings is 1. The number of methoxy groups -OCH3 is 2. The Labute approximate surface area is 294 Å². The van der Waals surface area contributed by atoms with Crippen LogP contribution in [0.5, 0.6) is 11.6 Å². The zero-order valence-corrected chi connectivity index (χ0v) is 28.8. The summed E-state index contributed by atoms with van der Waals surface area (Å²) in [6, 6.07) is 13.4. The van der Waals surface area contributed by atoms with Crippen LogP contribution < -0.4 is 36.1 Å². The number of nitrogens with zero attached hydrogens (tertiary/aromatic N) is 3. The van der Waals surface area contributed by atoms with Crippen LogP contribution in [0.15, 0.2) is 54.9 Å². The predicted octanol–water partition coefficient (Wildman–Crippen LogP) is 5.01. The highest BCUT2D eigenvalue weighted by atomic mass is 35.5. The fourth-order valence-corrected chi connectivity index (χ4v) is 6.64. The Morgan fingerprint density at radius 1 is 0.796 bits per heavy atom. The van der Waals surface area contributed by atoms with E-state index in [0.29, 0.717) is 94.7 Å². The molecule has 2 saturated heterocycles. The number of pyridine rings is 3. The first-order valence-electron chi connectivity index (χ1n) is 16.1. The molecule has 0 spiro atoms. The first-order chi connectivity index (χ1) is 23.8. The summed E-state index contributed by atoms with van der Waals surface area (Å²) in [6.07, 6.45) is 6.15. The molecule has 0 bridgehead atoms. The summed E-state index contributed by atoms with van der Waals surface area (Å²) in [7, 11) is 3.18. The van der Waals surface area contributed by atoms with Crippen LogP contribution in [-0.2, 0) is 22.7 Å². The third-order valence-corrected chi connectivity index (χ3v) is 9.37. The molecule has 0 saturated carbocycles. The number of halogens is 2. The Balaban J connectivity index is 1.19. The molecule has 5 N–H and O–H groups in total. The summed E-state index contributed by atoms with van der Waals surface area (Å²) in [4.78, 5) is 36.9. The molecule has 2 fully saturated rings. The third-order valence-electron chi connectivity index (χ3n) is 8.58. The second-order valence-electron chi connectivity index (χ2n) is 11.9. The summed E-state index contributed by atoms with van der Waals surface area (Å²) in [6.45, 7) is 2.39. The molecule has 256 valence electrons. The normalized spacial score (nSPS) is 17.1. The van der Waals surface area contributed by atoms with Crippen LogP contribution >= 0.6 is 23.2 Å². The highest BCUT2D eigenvalue weighted by molar-refractivity contribution is 6.39. The van der Waals surface area contributed by atoms with Gasteiger partial charge in [0.2, 0.25) is 17.7 Å². The van der Waals surface area contributed by atoms with Gasteiger partial charge < -0.3 is 36.1 Å². The summed E-state index contributed by atoms with van der Waals surface area (Å²) >= 11 is 14.0. The molecule has 0 unspecified atom stereocenters. The molecular formula is C35H38Cl2N8O4. The van der Waals surface area contributed by atoms with Crippen molar-refractivity contribution in [2.24, 2.45) is 0 Å². The zero-order chi connectivity index (χ0) is 34.3. The summed E-state index contributed by atoms with van der Waals surface area (Å²) in [5.41, 5.74) is 4.80. The van der Waals surface area contributed by atoms with E-state index in [4.69, 9.17) is 37.7 Å². The lowest BCUT2D eigenvalue weighted by Gasteiger charge is -2.17. The summed E-state index contributed by atoms with van der Waals surface area (Å²) in [5, 5.41) is 16.8. The van der Waals surface area contributed by atoms with Gasteiger partial charge in [-0.05, 0) is 37.1 Å². The number of ether oxygens (including phenoxy) is 2. The molecule has 3 aromatic heterocycles. The third kappa shape index (κ3) is 8.05. The molecule has 1 aromatic carbocycles. The SMILES string of the molecule is COc1nc(-c2ccnc(-c3cccc(Nc4nccc(CNC[C@H]5CCC(=O)N5)c4OC)c3Cl)c2Cl)ccc1CNC[C@H]1CCC(=O)N1. The first kappa shape index (κ1) is 34.4. The van der Waals surface area contributed by atoms with Crippen LogP contribution in [0.1, 0.15) is 36.8 Å². The highest BCUT2D eigenvalue weighted by Gasteiger charge is 2.23. The average Bonchev–Trinajstić information content (AvgIpc) is 3.73. The minimum atomic E-state index is 0.0886. The Bertz CT molecular complexity index is 1840. The summed E-state index contributed by atoms with van der Waals surface area (Å²) < 4.78 is 11.4. The van der Waals surface area contributed by atoms with Gasteiger partial charge in [-0.25, -0.2) is 9.97 Å². The van der Waals surface area contributed by atoms with Gasteiger partial charge in [0, 0.05) is 85.8 Å². The second kappa shape index (κ2) is 15.8. The molecule has 49 heavy (non-hydrogen) atoms. The molecule has 2 aliphatic rings. The van der Waals surface area contributed by atoms with Crippen molar-refractivity contribution in [3.8, 4) is 34.1 Å². The summed E-state index contributed by atoms with van der Waals surface area (Å²) in [5.74, 6) is 1.73. The standard InChI is InChI=1S/C35H38Cl2N8O4/c1-48-33-20(16-38-18-22-7-10-28(46)42-22)12-14-41-34(33)44-27-5-3-4-25(30(27)36)32-31(37)24(13-15-40-32)26-9-6-21(35(45-26)49-2)17-39-19-23-8-11-29(47)43-23/h3-6,9,12-15,22-23,38-39H,7-8,10-11,16-19H2,1-2H3,(H,41,44)(H,42,46)(H,43,47)/t22-,23-/m1/s1. The highest BCUT2D eigenvalue weighted by Crippen LogP contribution is 2.41. The molecule has 2 aliphatic heterocycles.